The molecule has 0 atom stereocenters. The van der Waals surface area contributed by atoms with Crippen molar-refractivity contribution in [3.63, 3.8) is 0 Å². The van der Waals surface area contributed by atoms with Crippen LogP contribution in [0.15, 0.2) is 71.6 Å². The van der Waals surface area contributed by atoms with E-state index < -0.39 is 16.1 Å². The van der Waals surface area contributed by atoms with Gasteiger partial charge in [-0.2, -0.15) is 8.42 Å². The highest BCUT2D eigenvalue weighted by molar-refractivity contribution is 7.86. The van der Waals surface area contributed by atoms with Gasteiger partial charge in [0.2, 0.25) is 0 Å². The normalized spacial score (nSPS) is 10.8. The number of unbranched alkanes of at least 4 members (excludes halogenated alkanes) is 1. The van der Waals surface area contributed by atoms with Crippen molar-refractivity contribution in [2.45, 2.75) is 31.3 Å². The fraction of sp³-hybridized carbons (Fsp3) is 0.231. The van der Waals surface area contributed by atoms with Gasteiger partial charge in [-0.15, -0.1) is 0 Å². The fourth-order valence-corrected chi connectivity index (χ4v) is 3.81. The second kappa shape index (κ2) is 12.0. The van der Waals surface area contributed by atoms with Crippen molar-refractivity contribution >= 4 is 16.1 Å². The Morgan fingerprint density at radius 3 is 2.44 bits per heavy atom. The molecule has 1 aromatic heterocycles. The Balaban J connectivity index is 1.56. The number of aromatic nitrogens is 1. The molecular formula is C26H25NO6S. The Morgan fingerprint density at radius 2 is 1.74 bits per heavy atom. The summed E-state index contributed by atoms with van der Waals surface area (Å²) >= 11 is 0. The first-order valence-electron chi connectivity index (χ1n) is 10.6. The molecule has 7 nitrogen and oxygen atoms in total. The summed E-state index contributed by atoms with van der Waals surface area (Å²) in [6, 6.07) is 19.3. The third-order valence-corrected chi connectivity index (χ3v) is 6.01. The minimum atomic E-state index is -3.79. The van der Waals surface area contributed by atoms with Crippen LogP contribution in [0.3, 0.4) is 0 Å². The number of esters is 1. The first-order chi connectivity index (χ1) is 16.4. The van der Waals surface area contributed by atoms with Crippen molar-refractivity contribution in [3.05, 3.63) is 89.2 Å². The maximum Gasteiger partial charge on any atom is 0.360 e. The third-order valence-electron chi connectivity index (χ3n) is 4.68. The summed E-state index contributed by atoms with van der Waals surface area (Å²) in [5.74, 6) is 5.47. The second-order valence-electron chi connectivity index (χ2n) is 7.30. The Labute approximate surface area is 199 Å². The molecular weight excluding hydrogens is 454 g/mol. The Kier molecular flexibility index (Phi) is 8.79. The Morgan fingerprint density at radius 1 is 1.00 bits per heavy atom. The Hall–Kier alpha value is -3.67. The largest absolute Gasteiger partial charge is 0.486 e. The van der Waals surface area contributed by atoms with Gasteiger partial charge in [0.15, 0.2) is 11.4 Å². The number of rotatable bonds is 9. The molecule has 2 aromatic carbocycles. The van der Waals surface area contributed by atoms with Crippen LogP contribution < -0.4 is 4.74 Å². The number of hydrogen-bond acceptors (Lipinski definition) is 7. The summed E-state index contributed by atoms with van der Waals surface area (Å²) in [7, 11) is -2.52. The van der Waals surface area contributed by atoms with E-state index in [2.05, 4.69) is 16.8 Å². The molecule has 3 aromatic rings. The molecule has 176 valence electrons. The van der Waals surface area contributed by atoms with Gasteiger partial charge in [0.25, 0.3) is 10.1 Å². The van der Waals surface area contributed by atoms with E-state index >= 15 is 0 Å². The van der Waals surface area contributed by atoms with Crippen molar-refractivity contribution < 1.29 is 26.9 Å². The van der Waals surface area contributed by atoms with Crippen molar-refractivity contribution in [1.82, 2.24) is 4.98 Å². The highest BCUT2D eigenvalue weighted by atomic mass is 32.2. The van der Waals surface area contributed by atoms with Gasteiger partial charge >= 0.3 is 5.97 Å². The molecule has 0 radical (unpaired) electrons. The molecule has 0 aliphatic rings. The SMILES string of the molecule is COC(=O)c1nc(C#CCCCOS(=O)(=O)c2ccc(C)cc2)ccc1OCc1ccccc1. The molecule has 0 saturated heterocycles. The quantitative estimate of drug-likeness (QED) is 0.196. The lowest BCUT2D eigenvalue weighted by Gasteiger charge is -2.10. The van der Waals surface area contributed by atoms with E-state index in [0.29, 0.717) is 24.3 Å². The lowest BCUT2D eigenvalue weighted by molar-refractivity contribution is 0.0588. The van der Waals surface area contributed by atoms with E-state index in [9.17, 15) is 13.2 Å². The Bertz CT molecular complexity index is 1280. The van der Waals surface area contributed by atoms with E-state index in [1.54, 1.807) is 24.3 Å². The number of pyridine rings is 1. The predicted molar refractivity (Wildman–Crippen MR) is 127 cm³/mol. The highest BCUT2D eigenvalue weighted by Crippen LogP contribution is 2.19. The van der Waals surface area contributed by atoms with Crippen LogP contribution in [0.25, 0.3) is 0 Å². The molecule has 0 aliphatic carbocycles. The average molecular weight is 480 g/mol. The molecule has 8 heteroatoms. The van der Waals surface area contributed by atoms with Gasteiger partial charge < -0.3 is 9.47 Å². The second-order valence-corrected chi connectivity index (χ2v) is 8.92. The number of methoxy groups -OCH3 is 1. The summed E-state index contributed by atoms with van der Waals surface area (Å²) in [6.07, 6.45) is 0.811. The fourth-order valence-electron chi connectivity index (χ4n) is 2.87. The number of ether oxygens (including phenoxy) is 2. The van der Waals surface area contributed by atoms with Crippen LogP contribution >= 0.6 is 0 Å². The lowest BCUT2D eigenvalue weighted by Crippen LogP contribution is -2.09. The van der Waals surface area contributed by atoms with Crippen LogP contribution in [0.5, 0.6) is 5.75 Å². The maximum atomic E-state index is 12.2. The lowest BCUT2D eigenvalue weighted by atomic mass is 10.2. The van der Waals surface area contributed by atoms with Gasteiger partial charge in [0, 0.05) is 6.42 Å². The zero-order valence-corrected chi connectivity index (χ0v) is 19.8. The van der Waals surface area contributed by atoms with E-state index in [0.717, 1.165) is 11.1 Å². The first kappa shape index (κ1) is 25.0. The minimum absolute atomic E-state index is 0.0119. The van der Waals surface area contributed by atoms with E-state index in [4.69, 9.17) is 13.7 Å². The van der Waals surface area contributed by atoms with Gasteiger partial charge in [-0.1, -0.05) is 53.9 Å². The predicted octanol–water partition coefficient (Wildman–Crippen LogP) is 4.29. The monoisotopic (exact) mass is 479 g/mol. The first-order valence-corrected chi connectivity index (χ1v) is 12.0. The standard InChI is InChI=1S/C26H25NO6S/c1-20-12-15-23(16-13-20)34(29,30)33-18-8-4-7-11-22-14-17-24(25(27-22)26(28)31-2)32-19-21-9-5-3-6-10-21/h3,5-6,9-10,12-17H,4,8,18-19H2,1-2H3. The molecule has 0 amide bonds. The molecule has 0 spiro atoms. The summed E-state index contributed by atoms with van der Waals surface area (Å²) in [5, 5.41) is 0. The number of aryl methyl sites for hydroxylation is 1. The average Bonchev–Trinajstić information content (AvgIpc) is 2.85. The zero-order valence-electron chi connectivity index (χ0n) is 19.0. The van der Waals surface area contributed by atoms with Crippen LogP contribution in [-0.4, -0.2) is 33.1 Å². The van der Waals surface area contributed by atoms with Crippen molar-refractivity contribution in [1.29, 1.82) is 0 Å². The van der Waals surface area contributed by atoms with E-state index in [1.165, 1.54) is 19.2 Å². The molecule has 1 heterocycles. The van der Waals surface area contributed by atoms with Crippen LogP contribution in [0.1, 0.15) is 40.2 Å². The molecule has 0 aliphatic heterocycles. The summed E-state index contributed by atoms with van der Waals surface area (Å²) in [4.78, 5) is 16.5. The van der Waals surface area contributed by atoms with Crippen LogP contribution in [0.2, 0.25) is 0 Å². The van der Waals surface area contributed by atoms with E-state index in [1.807, 2.05) is 37.3 Å². The van der Waals surface area contributed by atoms with Crippen LogP contribution in [0.4, 0.5) is 0 Å². The minimum Gasteiger partial charge on any atom is -0.486 e. The summed E-state index contributed by atoms with van der Waals surface area (Å²) in [6.45, 7) is 2.17. The maximum absolute atomic E-state index is 12.2. The van der Waals surface area contributed by atoms with E-state index in [-0.39, 0.29) is 23.8 Å². The van der Waals surface area contributed by atoms with Crippen molar-refractivity contribution in [3.8, 4) is 17.6 Å². The molecule has 0 fully saturated rings. The summed E-state index contributed by atoms with van der Waals surface area (Å²) in [5.41, 5.74) is 2.33. The molecule has 34 heavy (non-hydrogen) atoms. The number of benzene rings is 2. The molecule has 3 rings (SSSR count). The summed E-state index contributed by atoms with van der Waals surface area (Å²) < 4.78 is 40.0. The number of carbonyl (C=O) groups is 1. The van der Waals surface area contributed by atoms with Gasteiger partial charge in [-0.05, 0) is 49.1 Å². The van der Waals surface area contributed by atoms with Gasteiger partial charge in [-0.3, -0.25) is 4.18 Å². The van der Waals surface area contributed by atoms with Crippen molar-refractivity contribution in [2.75, 3.05) is 13.7 Å². The van der Waals surface area contributed by atoms with Crippen LogP contribution in [0, 0.1) is 18.8 Å². The van der Waals surface area contributed by atoms with Gasteiger partial charge in [0.05, 0.1) is 18.6 Å². The van der Waals surface area contributed by atoms with Gasteiger partial charge in [-0.25, -0.2) is 9.78 Å². The third kappa shape index (κ3) is 7.17. The van der Waals surface area contributed by atoms with Gasteiger partial charge in [0.1, 0.15) is 12.3 Å². The topological polar surface area (TPSA) is 91.8 Å². The number of carbonyl (C=O) groups excluding carboxylic acids is 1. The smallest absolute Gasteiger partial charge is 0.360 e. The highest BCUT2D eigenvalue weighted by Gasteiger charge is 2.16. The van der Waals surface area contributed by atoms with Crippen molar-refractivity contribution in [2.24, 2.45) is 0 Å². The zero-order chi connectivity index (χ0) is 24.4. The molecule has 0 unspecified atom stereocenters. The molecule has 0 saturated carbocycles. The number of hydrogen-bond donors (Lipinski definition) is 0. The molecule has 0 bridgehead atoms. The molecule has 0 N–H and O–H groups in total. The number of nitrogens with zero attached hydrogens (tertiary/aromatic N) is 1. The van der Waals surface area contributed by atoms with Crippen LogP contribution in [-0.2, 0) is 25.6 Å².